The molecular weight excluding hydrogens is 432 g/mol. The quantitative estimate of drug-likeness (QED) is 0.479. The summed E-state index contributed by atoms with van der Waals surface area (Å²) in [5.41, 5.74) is 2.26. The lowest BCUT2D eigenvalue weighted by molar-refractivity contribution is -0.133. The molecule has 1 unspecified atom stereocenters. The number of nitrogens with one attached hydrogen (secondary N) is 2. The van der Waals surface area contributed by atoms with Gasteiger partial charge in [-0.1, -0.05) is 42.5 Å². The number of carbonyl (C=O) groups excluding carboxylic acids is 2. The average Bonchev–Trinajstić information content (AvgIpc) is 3.30. The van der Waals surface area contributed by atoms with Crippen molar-refractivity contribution in [2.24, 2.45) is 5.92 Å². The zero-order chi connectivity index (χ0) is 23.5. The summed E-state index contributed by atoms with van der Waals surface area (Å²) in [6.45, 7) is 1.05. The highest BCUT2D eigenvalue weighted by Gasteiger charge is 2.29. The fourth-order valence-corrected chi connectivity index (χ4v) is 4.33. The summed E-state index contributed by atoms with van der Waals surface area (Å²) in [6.07, 6.45) is 4.60. The van der Waals surface area contributed by atoms with Crippen LogP contribution in [0.2, 0.25) is 0 Å². The van der Waals surface area contributed by atoms with Crippen molar-refractivity contribution in [3.63, 3.8) is 0 Å². The minimum atomic E-state index is -0.308. The molecule has 4 aromatic rings. The van der Waals surface area contributed by atoms with E-state index >= 15 is 0 Å². The molecule has 1 atom stereocenters. The molecule has 9 nitrogen and oxygen atoms in total. The Labute approximate surface area is 195 Å². The van der Waals surface area contributed by atoms with Gasteiger partial charge in [0, 0.05) is 13.1 Å². The van der Waals surface area contributed by atoms with Gasteiger partial charge in [-0.05, 0) is 30.5 Å². The number of rotatable bonds is 5. The molecule has 1 fully saturated rings. The SMILES string of the molecule is O=C(Nc1ccccc1-n1ncc2c(=O)[nH]cnc21)C1CCCN(C(=O)Cc2ccccc2)C1. The van der Waals surface area contributed by atoms with Gasteiger partial charge in [-0.2, -0.15) is 5.10 Å². The van der Waals surface area contributed by atoms with E-state index in [0.29, 0.717) is 48.3 Å². The number of piperidine rings is 1. The molecule has 0 radical (unpaired) electrons. The summed E-state index contributed by atoms with van der Waals surface area (Å²) in [7, 11) is 0. The molecule has 1 saturated heterocycles. The predicted molar refractivity (Wildman–Crippen MR) is 128 cm³/mol. The van der Waals surface area contributed by atoms with E-state index in [1.165, 1.54) is 17.2 Å². The third-order valence-electron chi connectivity index (χ3n) is 6.10. The third-order valence-corrected chi connectivity index (χ3v) is 6.10. The molecular formula is C25H24N6O3. The van der Waals surface area contributed by atoms with Gasteiger partial charge in [0.05, 0.1) is 36.2 Å². The maximum Gasteiger partial charge on any atom is 0.261 e. The molecule has 1 aliphatic heterocycles. The number of para-hydroxylation sites is 2. The van der Waals surface area contributed by atoms with Crippen molar-refractivity contribution in [3.05, 3.63) is 83.0 Å². The molecule has 0 spiro atoms. The Hall–Kier alpha value is -4.27. The maximum absolute atomic E-state index is 13.2. The Kier molecular flexibility index (Phi) is 5.90. The van der Waals surface area contributed by atoms with E-state index in [0.717, 1.165) is 12.0 Å². The van der Waals surface area contributed by atoms with Crippen molar-refractivity contribution < 1.29 is 9.59 Å². The molecule has 2 aromatic heterocycles. The van der Waals surface area contributed by atoms with Crippen LogP contribution in [-0.2, 0) is 16.0 Å². The molecule has 1 aliphatic rings. The zero-order valence-corrected chi connectivity index (χ0v) is 18.5. The molecule has 2 N–H and O–H groups in total. The molecule has 9 heteroatoms. The first-order chi connectivity index (χ1) is 16.6. The van der Waals surface area contributed by atoms with Crippen molar-refractivity contribution in [2.75, 3.05) is 18.4 Å². The van der Waals surface area contributed by atoms with Gasteiger partial charge in [0.2, 0.25) is 11.8 Å². The normalized spacial score (nSPS) is 15.9. The first kappa shape index (κ1) is 21.6. The zero-order valence-electron chi connectivity index (χ0n) is 18.5. The van der Waals surface area contributed by atoms with Crippen LogP contribution in [-0.4, -0.2) is 49.6 Å². The van der Waals surface area contributed by atoms with Gasteiger partial charge in [0.25, 0.3) is 5.56 Å². The van der Waals surface area contributed by atoms with Crippen LogP contribution in [0.5, 0.6) is 0 Å². The van der Waals surface area contributed by atoms with E-state index in [1.807, 2.05) is 48.5 Å². The van der Waals surface area contributed by atoms with Gasteiger partial charge < -0.3 is 15.2 Å². The van der Waals surface area contributed by atoms with Crippen LogP contribution in [0.3, 0.4) is 0 Å². The number of fused-ring (bicyclic) bond motifs is 1. The third kappa shape index (κ3) is 4.32. The first-order valence-electron chi connectivity index (χ1n) is 11.2. The van der Waals surface area contributed by atoms with Crippen molar-refractivity contribution in [3.8, 4) is 5.69 Å². The number of benzene rings is 2. The minimum Gasteiger partial charge on any atom is -0.342 e. The van der Waals surface area contributed by atoms with E-state index in [1.54, 1.807) is 11.0 Å². The molecule has 5 rings (SSSR count). The van der Waals surface area contributed by atoms with Gasteiger partial charge in [-0.15, -0.1) is 0 Å². The fraction of sp³-hybridized carbons (Fsp3) is 0.240. The summed E-state index contributed by atoms with van der Waals surface area (Å²) in [5, 5.41) is 7.68. The summed E-state index contributed by atoms with van der Waals surface area (Å²) in [5.74, 6) is -0.424. The highest BCUT2D eigenvalue weighted by atomic mass is 16.2. The Morgan fingerprint density at radius 1 is 1.09 bits per heavy atom. The van der Waals surface area contributed by atoms with Crippen molar-refractivity contribution in [2.45, 2.75) is 19.3 Å². The summed E-state index contributed by atoms with van der Waals surface area (Å²) in [4.78, 5) is 46.6. The second-order valence-electron chi connectivity index (χ2n) is 8.37. The monoisotopic (exact) mass is 456 g/mol. The Morgan fingerprint density at radius 3 is 2.74 bits per heavy atom. The molecule has 0 aliphatic carbocycles. The van der Waals surface area contributed by atoms with Gasteiger partial charge in [-0.25, -0.2) is 9.67 Å². The van der Waals surface area contributed by atoms with Crippen LogP contribution in [0.4, 0.5) is 5.69 Å². The van der Waals surface area contributed by atoms with E-state index in [-0.39, 0.29) is 23.3 Å². The summed E-state index contributed by atoms with van der Waals surface area (Å²) < 4.78 is 1.54. The van der Waals surface area contributed by atoms with Crippen molar-refractivity contribution >= 4 is 28.5 Å². The van der Waals surface area contributed by atoms with Crippen LogP contribution in [0.15, 0.2) is 71.9 Å². The first-order valence-corrected chi connectivity index (χ1v) is 11.2. The highest BCUT2D eigenvalue weighted by molar-refractivity contribution is 5.95. The Morgan fingerprint density at radius 2 is 1.88 bits per heavy atom. The number of anilines is 1. The van der Waals surface area contributed by atoms with Gasteiger partial charge in [0.1, 0.15) is 5.39 Å². The number of likely N-dealkylation sites (tertiary alicyclic amines) is 1. The van der Waals surface area contributed by atoms with Crippen LogP contribution in [0.25, 0.3) is 16.7 Å². The number of carbonyl (C=O) groups is 2. The van der Waals surface area contributed by atoms with Gasteiger partial charge in [0.15, 0.2) is 5.65 Å². The lowest BCUT2D eigenvalue weighted by Crippen LogP contribution is -2.44. The number of H-pyrrole nitrogens is 1. The van der Waals surface area contributed by atoms with Gasteiger partial charge in [-0.3, -0.25) is 14.4 Å². The molecule has 172 valence electrons. The van der Waals surface area contributed by atoms with Crippen molar-refractivity contribution in [1.82, 2.24) is 24.6 Å². The lowest BCUT2D eigenvalue weighted by Gasteiger charge is -2.32. The number of hydrogen-bond donors (Lipinski definition) is 2. The van der Waals surface area contributed by atoms with Crippen LogP contribution in [0.1, 0.15) is 18.4 Å². The number of aromatic amines is 1. The maximum atomic E-state index is 13.2. The average molecular weight is 457 g/mol. The Balaban J connectivity index is 1.32. The second kappa shape index (κ2) is 9.30. The fourth-order valence-electron chi connectivity index (χ4n) is 4.33. The van der Waals surface area contributed by atoms with Crippen LogP contribution in [0, 0.1) is 5.92 Å². The molecule has 0 bridgehead atoms. The highest BCUT2D eigenvalue weighted by Crippen LogP contribution is 2.25. The smallest absolute Gasteiger partial charge is 0.261 e. The molecule has 0 saturated carbocycles. The number of hydrogen-bond acceptors (Lipinski definition) is 5. The molecule has 2 amide bonds. The van der Waals surface area contributed by atoms with Crippen LogP contribution < -0.4 is 10.9 Å². The molecule has 3 heterocycles. The molecule has 34 heavy (non-hydrogen) atoms. The minimum absolute atomic E-state index is 0.0309. The lowest BCUT2D eigenvalue weighted by atomic mass is 9.96. The molecule has 2 aromatic carbocycles. The predicted octanol–water partition coefficient (Wildman–Crippen LogP) is 2.53. The largest absolute Gasteiger partial charge is 0.342 e. The number of amides is 2. The van der Waals surface area contributed by atoms with E-state index in [9.17, 15) is 14.4 Å². The summed E-state index contributed by atoms with van der Waals surface area (Å²) >= 11 is 0. The topological polar surface area (TPSA) is 113 Å². The summed E-state index contributed by atoms with van der Waals surface area (Å²) in [6, 6.07) is 16.9. The van der Waals surface area contributed by atoms with Crippen molar-refractivity contribution in [1.29, 1.82) is 0 Å². The van der Waals surface area contributed by atoms with E-state index in [4.69, 9.17) is 0 Å². The Bertz CT molecular complexity index is 1390. The van der Waals surface area contributed by atoms with E-state index < -0.39 is 0 Å². The van der Waals surface area contributed by atoms with Crippen LogP contribution >= 0.6 is 0 Å². The standard InChI is InChI=1S/C25H24N6O3/c32-22(13-17-7-2-1-3-8-17)30-12-6-9-18(15-30)24(33)29-20-10-4-5-11-21(20)31-23-19(14-28-31)25(34)27-16-26-23/h1-5,7-8,10-11,14,16,18H,6,9,12-13,15H2,(H,29,33)(H,26,27,34). The number of nitrogens with zero attached hydrogens (tertiary/aromatic N) is 4. The van der Waals surface area contributed by atoms with E-state index in [2.05, 4.69) is 20.4 Å². The number of aromatic nitrogens is 4. The second-order valence-corrected chi connectivity index (χ2v) is 8.37. The van der Waals surface area contributed by atoms with Gasteiger partial charge >= 0.3 is 0 Å².